The number of carbonyl (C=O) groups is 1. The van der Waals surface area contributed by atoms with E-state index in [0.717, 1.165) is 11.9 Å². The van der Waals surface area contributed by atoms with Crippen molar-refractivity contribution in [1.82, 2.24) is 19.2 Å². The van der Waals surface area contributed by atoms with E-state index in [-0.39, 0.29) is 11.9 Å². The Morgan fingerprint density at radius 1 is 1.50 bits per heavy atom. The highest BCUT2D eigenvalue weighted by atomic mass is 32.2. The first-order chi connectivity index (χ1) is 11.3. The van der Waals surface area contributed by atoms with Gasteiger partial charge < -0.3 is 13.9 Å². The number of sulfonamides is 1. The van der Waals surface area contributed by atoms with Crippen LogP contribution in [0.2, 0.25) is 0 Å². The maximum absolute atomic E-state index is 12.7. The monoisotopic (exact) mass is 352 g/mol. The second-order valence-corrected chi connectivity index (χ2v) is 7.81. The lowest BCUT2D eigenvalue weighted by Gasteiger charge is -2.34. The van der Waals surface area contributed by atoms with E-state index in [1.54, 1.807) is 30.4 Å². The van der Waals surface area contributed by atoms with Gasteiger partial charge in [0.1, 0.15) is 5.76 Å². The average Bonchev–Trinajstić information content (AvgIpc) is 3.13. The van der Waals surface area contributed by atoms with E-state index >= 15 is 0 Å². The molecule has 1 amide bonds. The zero-order valence-electron chi connectivity index (χ0n) is 13.6. The number of furan rings is 1. The topological polar surface area (TPSA) is 97.4 Å². The summed E-state index contributed by atoms with van der Waals surface area (Å²) in [6, 6.07) is 1.64. The first-order valence-electron chi connectivity index (χ1n) is 7.64. The predicted octanol–water partition coefficient (Wildman–Crippen LogP) is 0.921. The lowest BCUT2D eigenvalue weighted by Crippen LogP contribution is -2.41. The second kappa shape index (κ2) is 6.40. The molecule has 1 N–H and O–H groups in total. The maximum Gasteiger partial charge on any atom is 0.257 e. The minimum atomic E-state index is -3.23. The Bertz CT molecular complexity index is 839. The lowest BCUT2D eigenvalue weighted by molar-refractivity contribution is 0.0672. The minimum absolute atomic E-state index is 0.0262. The Morgan fingerprint density at radius 3 is 2.96 bits per heavy atom. The zero-order valence-corrected chi connectivity index (χ0v) is 14.4. The van der Waals surface area contributed by atoms with Crippen LogP contribution in [0.1, 0.15) is 34.3 Å². The van der Waals surface area contributed by atoms with Gasteiger partial charge in [-0.1, -0.05) is 0 Å². The molecular formula is C15H20N4O4S. The van der Waals surface area contributed by atoms with Crippen LogP contribution in [0.4, 0.5) is 0 Å². The first-order valence-corrected chi connectivity index (χ1v) is 9.53. The summed E-state index contributed by atoms with van der Waals surface area (Å²) in [4.78, 5) is 18.6. The number of aromatic nitrogens is 2. The number of hydrogen-bond acceptors (Lipinski definition) is 5. The molecule has 1 unspecified atom stereocenters. The third-order valence-corrected chi connectivity index (χ3v) is 4.87. The van der Waals surface area contributed by atoms with Gasteiger partial charge in [0.05, 0.1) is 42.7 Å². The fourth-order valence-electron chi connectivity index (χ4n) is 2.96. The number of nitrogens with one attached hydrogen (secondary N) is 1. The Morgan fingerprint density at radius 2 is 2.29 bits per heavy atom. The summed E-state index contributed by atoms with van der Waals surface area (Å²) in [6.07, 6.45) is 6.67. The molecule has 0 aromatic carbocycles. The van der Waals surface area contributed by atoms with Gasteiger partial charge >= 0.3 is 0 Å². The zero-order chi connectivity index (χ0) is 17.3. The van der Waals surface area contributed by atoms with Gasteiger partial charge in [0.15, 0.2) is 0 Å². The van der Waals surface area contributed by atoms with Crippen LogP contribution >= 0.6 is 0 Å². The molecule has 1 atom stereocenters. The number of imidazole rings is 1. The number of fused-ring (bicyclic) bond motifs is 1. The fourth-order valence-corrected chi connectivity index (χ4v) is 3.45. The Balaban J connectivity index is 1.76. The van der Waals surface area contributed by atoms with Crippen molar-refractivity contribution in [3.63, 3.8) is 0 Å². The van der Waals surface area contributed by atoms with Gasteiger partial charge in [0, 0.05) is 19.3 Å². The number of amides is 1. The molecule has 3 rings (SSSR count). The van der Waals surface area contributed by atoms with Gasteiger partial charge in [-0.3, -0.25) is 4.79 Å². The molecular weight excluding hydrogens is 332 g/mol. The van der Waals surface area contributed by atoms with Crippen LogP contribution in [-0.2, 0) is 16.6 Å². The van der Waals surface area contributed by atoms with E-state index in [1.165, 1.54) is 6.26 Å². The van der Waals surface area contributed by atoms with Crippen LogP contribution in [-0.4, -0.2) is 48.1 Å². The van der Waals surface area contributed by atoms with E-state index in [0.29, 0.717) is 37.4 Å². The van der Waals surface area contributed by atoms with Crippen LogP contribution < -0.4 is 4.72 Å². The largest absolute Gasteiger partial charge is 0.469 e. The number of aryl methyl sites for hydroxylation is 1. The molecule has 1 aliphatic rings. The number of nitrogens with zero attached hydrogens (tertiary/aromatic N) is 3. The van der Waals surface area contributed by atoms with Gasteiger partial charge in [0.25, 0.3) is 5.91 Å². The van der Waals surface area contributed by atoms with Crippen molar-refractivity contribution in [1.29, 1.82) is 0 Å². The summed E-state index contributed by atoms with van der Waals surface area (Å²) in [7, 11) is -3.23. The smallest absolute Gasteiger partial charge is 0.257 e. The molecule has 2 aromatic rings. The molecule has 0 spiro atoms. The van der Waals surface area contributed by atoms with Crippen molar-refractivity contribution in [2.75, 3.05) is 19.3 Å². The predicted molar refractivity (Wildman–Crippen MR) is 86.9 cm³/mol. The highest BCUT2D eigenvalue weighted by Crippen LogP contribution is 2.25. The molecule has 0 radical (unpaired) electrons. The van der Waals surface area contributed by atoms with Gasteiger partial charge in [-0.25, -0.2) is 18.1 Å². The number of rotatable bonds is 5. The molecule has 0 fully saturated rings. The molecule has 8 nitrogen and oxygen atoms in total. The minimum Gasteiger partial charge on any atom is -0.469 e. The normalized spacial score (nSPS) is 17.8. The van der Waals surface area contributed by atoms with Crippen molar-refractivity contribution in [2.24, 2.45) is 0 Å². The third-order valence-electron chi connectivity index (χ3n) is 4.14. The first kappa shape index (κ1) is 16.7. The van der Waals surface area contributed by atoms with Gasteiger partial charge in [-0.2, -0.15) is 0 Å². The van der Waals surface area contributed by atoms with E-state index < -0.39 is 10.0 Å². The van der Waals surface area contributed by atoms with Crippen molar-refractivity contribution in [2.45, 2.75) is 25.9 Å². The van der Waals surface area contributed by atoms with Crippen molar-refractivity contribution >= 4 is 15.9 Å². The summed E-state index contributed by atoms with van der Waals surface area (Å²) < 4.78 is 32.2. The molecule has 0 saturated heterocycles. The lowest BCUT2D eigenvalue weighted by atomic mass is 10.1. The van der Waals surface area contributed by atoms with Crippen LogP contribution in [0.5, 0.6) is 0 Å². The highest BCUT2D eigenvalue weighted by molar-refractivity contribution is 7.88. The molecule has 24 heavy (non-hydrogen) atoms. The Hall–Kier alpha value is -2.13. The van der Waals surface area contributed by atoms with Crippen LogP contribution in [0.25, 0.3) is 0 Å². The molecule has 0 bridgehead atoms. The maximum atomic E-state index is 12.7. The van der Waals surface area contributed by atoms with E-state index in [4.69, 9.17) is 4.42 Å². The van der Waals surface area contributed by atoms with Crippen molar-refractivity contribution in [3.8, 4) is 0 Å². The molecule has 2 aromatic heterocycles. The molecule has 1 aliphatic heterocycles. The summed E-state index contributed by atoms with van der Waals surface area (Å²) in [5, 5.41) is 0. The highest BCUT2D eigenvalue weighted by Gasteiger charge is 2.29. The van der Waals surface area contributed by atoms with Gasteiger partial charge in [0.2, 0.25) is 10.0 Å². The van der Waals surface area contributed by atoms with E-state index in [9.17, 15) is 13.2 Å². The Kier molecular flexibility index (Phi) is 4.46. The quantitative estimate of drug-likeness (QED) is 0.863. The molecule has 3 heterocycles. The van der Waals surface area contributed by atoms with E-state index in [2.05, 4.69) is 9.71 Å². The van der Waals surface area contributed by atoms with Crippen molar-refractivity contribution < 1.29 is 17.6 Å². The molecule has 0 aliphatic carbocycles. The van der Waals surface area contributed by atoms with Crippen molar-refractivity contribution in [3.05, 3.63) is 41.9 Å². The SMILES string of the molecule is Cc1occc1C(=O)N1Cc2cncn2C(CCNS(C)(=O)=O)C1. The van der Waals surface area contributed by atoms with Crippen LogP contribution in [0, 0.1) is 6.92 Å². The summed E-state index contributed by atoms with van der Waals surface area (Å²) in [5.41, 5.74) is 1.48. The van der Waals surface area contributed by atoms with E-state index in [1.807, 2.05) is 4.57 Å². The van der Waals surface area contributed by atoms with Gasteiger partial charge in [-0.15, -0.1) is 0 Å². The summed E-state index contributed by atoms with van der Waals surface area (Å²) in [5.74, 6) is 0.504. The fraction of sp³-hybridized carbons (Fsp3) is 0.467. The number of carbonyl (C=O) groups excluding carboxylic acids is 1. The molecule has 130 valence electrons. The molecule has 9 heteroatoms. The summed E-state index contributed by atoms with van der Waals surface area (Å²) >= 11 is 0. The second-order valence-electron chi connectivity index (χ2n) is 5.98. The van der Waals surface area contributed by atoms with Gasteiger partial charge in [-0.05, 0) is 19.4 Å². The van der Waals surface area contributed by atoms with Crippen LogP contribution in [0.15, 0.2) is 29.3 Å². The Labute approximate surface area is 140 Å². The standard InChI is InChI=1S/C15H20N4O4S/c1-11-14(4-6-23-11)15(20)18-8-12(3-5-17-24(2,21)22)19-10-16-7-13(19)9-18/h4,6-7,10,12,17H,3,5,8-9H2,1-2H3. The van der Waals surface area contributed by atoms with Crippen LogP contribution in [0.3, 0.4) is 0 Å². The molecule has 0 saturated carbocycles. The third kappa shape index (κ3) is 3.51. The summed E-state index contributed by atoms with van der Waals surface area (Å²) in [6.45, 7) is 3.04. The average molecular weight is 352 g/mol. The number of hydrogen-bond donors (Lipinski definition) is 1.